The molecule has 38 heavy (non-hydrogen) atoms. The summed E-state index contributed by atoms with van der Waals surface area (Å²) in [7, 11) is -4.04. The first-order valence-electron chi connectivity index (χ1n) is 13.7. The maximum Gasteiger partial charge on any atom is 0.293 e. The van der Waals surface area contributed by atoms with Gasteiger partial charge in [-0.05, 0) is 62.4 Å². The Morgan fingerprint density at radius 1 is 0.526 bits per heavy atom. The molecule has 192 valence electrons. The molecular formula is C34H36O2P2+2. The van der Waals surface area contributed by atoms with Gasteiger partial charge in [0.05, 0.1) is 6.10 Å². The van der Waals surface area contributed by atoms with Gasteiger partial charge in [-0.2, -0.15) is 0 Å². The van der Waals surface area contributed by atoms with Crippen molar-refractivity contribution < 1.29 is 9.47 Å². The summed E-state index contributed by atoms with van der Waals surface area (Å²) in [6.07, 6.45) is 3.30. The fraction of sp³-hybridized carbons (Fsp3) is 0.235. The number of rotatable bonds is 4. The molecule has 4 aromatic rings. The molecule has 6 rings (SSSR count). The lowest BCUT2D eigenvalue weighted by Gasteiger charge is -2.41. The predicted molar refractivity (Wildman–Crippen MR) is 165 cm³/mol. The van der Waals surface area contributed by atoms with Gasteiger partial charge in [0.25, 0.3) is 5.50 Å². The largest absolute Gasteiger partial charge is 0.460 e. The summed E-state index contributed by atoms with van der Waals surface area (Å²) in [4.78, 5) is 0. The minimum absolute atomic E-state index is 0.0775. The van der Waals surface area contributed by atoms with Crippen LogP contribution in [0.1, 0.15) is 20.3 Å². The molecule has 0 saturated carbocycles. The van der Waals surface area contributed by atoms with Crippen LogP contribution in [-0.2, 0) is 9.47 Å². The zero-order chi connectivity index (χ0) is 26.0. The first-order valence-corrected chi connectivity index (χ1v) is 17.6. The molecule has 2 aliphatic heterocycles. The van der Waals surface area contributed by atoms with Crippen molar-refractivity contribution in [2.45, 2.75) is 32.5 Å². The van der Waals surface area contributed by atoms with E-state index in [0.29, 0.717) is 6.61 Å². The first kappa shape index (κ1) is 25.5. The molecule has 2 heterocycles. The average molecular weight is 539 g/mol. The zero-order valence-electron chi connectivity index (χ0n) is 22.2. The quantitative estimate of drug-likeness (QED) is 0.269. The highest BCUT2D eigenvalue weighted by atomic mass is 31.2. The third-order valence-corrected chi connectivity index (χ3v) is 17.5. The summed E-state index contributed by atoms with van der Waals surface area (Å²) >= 11 is 0. The molecule has 2 aliphatic rings. The topological polar surface area (TPSA) is 18.5 Å². The molecular weight excluding hydrogens is 502 g/mol. The van der Waals surface area contributed by atoms with Crippen molar-refractivity contribution in [2.24, 2.45) is 0 Å². The van der Waals surface area contributed by atoms with Gasteiger partial charge in [-0.1, -0.05) is 72.8 Å². The molecule has 4 heteroatoms. The molecule has 0 amide bonds. The molecule has 0 aliphatic carbocycles. The lowest BCUT2D eigenvalue weighted by Crippen LogP contribution is -2.41. The molecule has 2 unspecified atom stereocenters. The van der Waals surface area contributed by atoms with Crippen LogP contribution in [0.5, 0.6) is 0 Å². The van der Waals surface area contributed by atoms with Gasteiger partial charge in [0.1, 0.15) is 53.5 Å². The summed E-state index contributed by atoms with van der Waals surface area (Å²) in [5, 5.41) is 7.05. The Hall–Kier alpha value is -2.76. The first-order chi connectivity index (χ1) is 18.6. The van der Waals surface area contributed by atoms with Gasteiger partial charge >= 0.3 is 0 Å². The maximum absolute atomic E-state index is 7.27. The molecule has 2 atom stereocenters. The molecule has 0 bridgehead atoms. The molecule has 0 fully saturated rings. The highest BCUT2D eigenvalue weighted by Gasteiger charge is 2.65. The molecule has 0 saturated heterocycles. The highest BCUT2D eigenvalue weighted by Crippen LogP contribution is 2.78. The van der Waals surface area contributed by atoms with Crippen molar-refractivity contribution in [1.29, 1.82) is 0 Å². The summed E-state index contributed by atoms with van der Waals surface area (Å²) in [5.74, 6) is 0. The van der Waals surface area contributed by atoms with E-state index in [1.807, 2.05) is 0 Å². The average Bonchev–Trinajstić information content (AvgIpc) is 2.97. The van der Waals surface area contributed by atoms with Crippen molar-refractivity contribution in [2.75, 3.05) is 18.9 Å². The monoisotopic (exact) mass is 538 g/mol. The summed E-state index contributed by atoms with van der Waals surface area (Å²) in [5.41, 5.74) is 1.22. The minimum atomic E-state index is -2.05. The molecule has 2 nitrogen and oxygen atoms in total. The van der Waals surface area contributed by atoms with Crippen LogP contribution in [-0.4, -0.2) is 31.1 Å². The van der Waals surface area contributed by atoms with Crippen LogP contribution < -0.4 is 21.2 Å². The summed E-state index contributed by atoms with van der Waals surface area (Å²) < 4.78 is 14.0. The van der Waals surface area contributed by atoms with Gasteiger partial charge in [-0.3, -0.25) is 0 Å². The van der Waals surface area contributed by atoms with Crippen LogP contribution in [0, 0.1) is 0 Å². The normalized spacial score (nSPS) is 22.5. The van der Waals surface area contributed by atoms with E-state index < -0.39 is 14.5 Å². The van der Waals surface area contributed by atoms with Gasteiger partial charge in [0.2, 0.25) is 0 Å². The molecule has 0 radical (unpaired) electrons. The Balaban J connectivity index is 1.73. The Labute approximate surface area is 228 Å². The number of ether oxygens (including phenoxy) is 2. The summed E-state index contributed by atoms with van der Waals surface area (Å²) in [6.45, 7) is 5.03. The van der Waals surface area contributed by atoms with Crippen LogP contribution in [0.25, 0.3) is 0 Å². The van der Waals surface area contributed by atoms with Gasteiger partial charge in [0, 0.05) is 6.42 Å². The fourth-order valence-corrected chi connectivity index (χ4v) is 17.2. The Morgan fingerprint density at radius 2 is 0.921 bits per heavy atom. The van der Waals surface area contributed by atoms with Crippen molar-refractivity contribution in [3.8, 4) is 0 Å². The molecule has 0 N–H and O–H groups in total. The Kier molecular flexibility index (Phi) is 7.24. The van der Waals surface area contributed by atoms with Gasteiger partial charge in [0.15, 0.2) is 12.6 Å². The lowest BCUT2D eigenvalue weighted by molar-refractivity contribution is 0.0203. The van der Waals surface area contributed by atoms with Crippen molar-refractivity contribution in [1.82, 2.24) is 0 Å². The molecule has 0 aromatic heterocycles. The van der Waals surface area contributed by atoms with Crippen LogP contribution >= 0.6 is 14.5 Å². The van der Waals surface area contributed by atoms with E-state index in [0.717, 1.165) is 18.7 Å². The molecule has 4 aromatic carbocycles. The maximum atomic E-state index is 7.27. The Bertz CT molecular complexity index is 1310. The second-order valence-corrected chi connectivity index (χ2v) is 17.6. The number of benzene rings is 4. The van der Waals surface area contributed by atoms with Crippen LogP contribution in [0.4, 0.5) is 0 Å². The van der Waals surface area contributed by atoms with E-state index in [9.17, 15) is 0 Å². The third-order valence-electron chi connectivity index (χ3n) is 8.09. The van der Waals surface area contributed by atoms with Crippen molar-refractivity contribution in [3.63, 3.8) is 0 Å². The Morgan fingerprint density at radius 3 is 1.37 bits per heavy atom. The van der Waals surface area contributed by atoms with Crippen LogP contribution in [0.2, 0.25) is 0 Å². The lowest BCUT2D eigenvalue weighted by atomic mass is 10.2. The molecule has 0 spiro atoms. The smallest absolute Gasteiger partial charge is 0.293 e. The van der Waals surface area contributed by atoms with Crippen LogP contribution in [0.3, 0.4) is 0 Å². The van der Waals surface area contributed by atoms with E-state index in [1.165, 1.54) is 32.0 Å². The van der Waals surface area contributed by atoms with Gasteiger partial charge in [-0.15, -0.1) is 0 Å². The second kappa shape index (κ2) is 10.8. The standard InChI is InChI=1S/C34H36O2P2/c1-27-25-28(2)36-34-33(26-35-27)37(29-15-7-3-8-16-29,30-17-9-4-10-18-30)23-24-38(34,31-19-11-5-12-20-31)32-21-13-6-14-22-32/h3-22,27-28H,23-26H2,1-2H3/q+2. The minimum Gasteiger partial charge on any atom is -0.460 e. The van der Waals surface area contributed by atoms with Crippen molar-refractivity contribution in [3.05, 3.63) is 132 Å². The highest BCUT2D eigenvalue weighted by molar-refractivity contribution is 7.99. The predicted octanol–water partition coefficient (Wildman–Crippen LogP) is 6.72. The second-order valence-electron chi connectivity index (χ2n) is 10.4. The van der Waals surface area contributed by atoms with E-state index in [-0.39, 0.29) is 12.2 Å². The SMILES string of the molecule is CC1CC(C)OC2=C(CO1)[P+](c1ccccc1)(c1ccccc1)CC[P+]2(c1ccccc1)c1ccccc1. The van der Waals surface area contributed by atoms with Crippen molar-refractivity contribution >= 4 is 35.7 Å². The zero-order valence-corrected chi connectivity index (χ0v) is 24.0. The van der Waals surface area contributed by atoms with E-state index >= 15 is 0 Å². The number of hydrogen-bond acceptors (Lipinski definition) is 2. The van der Waals surface area contributed by atoms with Crippen LogP contribution in [0.15, 0.2) is 132 Å². The van der Waals surface area contributed by atoms with E-state index in [1.54, 1.807) is 0 Å². The third kappa shape index (κ3) is 4.34. The fourth-order valence-electron chi connectivity index (χ4n) is 6.34. The van der Waals surface area contributed by atoms with E-state index in [4.69, 9.17) is 9.47 Å². The summed E-state index contributed by atoms with van der Waals surface area (Å²) in [6, 6.07) is 44.8. The number of hydrogen-bond donors (Lipinski definition) is 0. The van der Waals surface area contributed by atoms with E-state index in [2.05, 4.69) is 135 Å². The van der Waals surface area contributed by atoms with Gasteiger partial charge < -0.3 is 9.47 Å². The van der Waals surface area contributed by atoms with Gasteiger partial charge in [-0.25, -0.2) is 0 Å².